The van der Waals surface area contributed by atoms with Gasteiger partial charge < -0.3 is 15.0 Å². The van der Waals surface area contributed by atoms with Crippen molar-refractivity contribution in [2.24, 2.45) is 5.41 Å². The molecule has 1 aliphatic rings. The van der Waals surface area contributed by atoms with Gasteiger partial charge in [-0.15, -0.1) is 0 Å². The van der Waals surface area contributed by atoms with Crippen LogP contribution >= 0.6 is 11.6 Å². The SMILES string of the molecule is COCCC1(CNc2nc[nH]c(=O)c2Cl)CC1. The fourth-order valence-corrected chi connectivity index (χ4v) is 1.96. The summed E-state index contributed by atoms with van der Waals surface area (Å²) in [6.45, 7) is 1.55. The molecule has 94 valence electrons. The summed E-state index contributed by atoms with van der Waals surface area (Å²) in [5.41, 5.74) is -0.0187. The van der Waals surface area contributed by atoms with Crippen LogP contribution in [0.1, 0.15) is 19.3 Å². The Bertz CT molecular complexity index is 443. The number of ether oxygens (including phenoxy) is 1. The molecule has 5 nitrogen and oxygen atoms in total. The molecule has 1 aromatic rings. The number of hydrogen-bond acceptors (Lipinski definition) is 4. The summed E-state index contributed by atoms with van der Waals surface area (Å²) in [6, 6.07) is 0. The van der Waals surface area contributed by atoms with E-state index in [4.69, 9.17) is 16.3 Å². The van der Waals surface area contributed by atoms with E-state index in [9.17, 15) is 4.79 Å². The molecule has 0 atom stereocenters. The Hall–Kier alpha value is -1.07. The number of methoxy groups -OCH3 is 1. The molecule has 0 amide bonds. The molecule has 2 N–H and O–H groups in total. The zero-order valence-electron chi connectivity index (χ0n) is 9.75. The topological polar surface area (TPSA) is 67.0 Å². The minimum atomic E-state index is -0.314. The number of rotatable bonds is 6. The Kier molecular flexibility index (Phi) is 3.69. The third-order valence-electron chi connectivity index (χ3n) is 3.22. The lowest BCUT2D eigenvalue weighted by Gasteiger charge is -2.16. The van der Waals surface area contributed by atoms with E-state index < -0.39 is 0 Å². The highest BCUT2D eigenvalue weighted by Gasteiger charge is 2.41. The van der Waals surface area contributed by atoms with Gasteiger partial charge in [0.25, 0.3) is 5.56 Å². The van der Waals surface area contributed by atoms with Crippen LogP contribution in [0.3, 0.4) is 0 Å². The maximum Gasteiger partial charge on any atom is 0.271 e. The normalized spacial score (nSPS) is 16.8. The molecule has 0 bridgehead atoms. The number of halogens is 1. The van der Waals surface area contributed by atoms with Crippen molar-refractivity contribution in [3.63, 3.8) is 0 Å². The minimum absolute atomic E-state index is 0.120. The molecule has 0 spiro atoms. The van der Waals surface area contributed by atoms with Crippen LogP contribution in [0.25, 0.3) is 0 Å². The maximum atomic E-state index is 11.3. The minimum Gasteiger partial charge on any atom is -0.385 e. The van der Waals surface area contributed by atoms with Crippen LogP contribution in [-0.4, -0.2) is 30.2 Å². The van der Waals surface area contributed by atoms with Crippen LogP contribution in [0.5, 0.6) is 0 Å². The van der Waals surface area contributed by atoms with Crippen LogP contribution in [0.15, 0.2) is 11.1 Å². The van der Waals surface area contributed by atoms with E-state index in [2.05, 4.69) is 15.3 Å². The molecule has 0 aliphatic heterocycles. The van der Waals surface area contributed by atoms with Gasteiger partial charge in [0, 0.05) is 20.3 Å². The van der Waals surface area contributed by atoms with E-state index in [1.807, 2.05) is 0 Å². The van der Waals surface area contributed by atoms with E-state index in [1.165, 1.54) is 19.2 Å². The van der Waals surface area contributed by atoms with Crippen molar-refractivity contribution in [1.82, 2.24) is 9.97 Å². The van der Waals surface area contributed by atoms with Crippen LogP contribution in [0.4, 0.5) is 5.82 Å². The van der Waals surface area contributed by atoms with Crippen molar-refractivity contribution in [1.29, 1.82) is 0 Å². The lowest BCUT2D eigenvalue weighted by Crippen LogP contribution is -2.20. The first-order chi connectivity index (χ1) is 8.17. The fraction of sp³-hybridized carbons (Fsp3) is 0.636. The molecule has 0 saturated heterocycles. The monoisotopic (exact) mass is 257 g/mol. The molecule has 0 unspecified atom stereocenters. The van der Waals surface area contributed by atoms with E-state index >= 15 is 0 Å². The van der Waals surface area contributed by atoms with Crippen LogP contribution in [0.2, 0.25) is 5.02 Å². The standard InChI is InChI=1S/C11H16ClN3O2/c1-17-5-4-11(2-3-11)6-13-9-8(12)10(16)15-7-14-9/h7H,2-6H2,1H3,(H2,13,14,15,16). The first kappa shape index (κ1) is 12.4. The summed E-state index contributed by atoms with van der Waals surface area (Å²) in [4.78, 5) is 17.7. The summed E-state index contributed by atoms with van der Waals surface area (Å²) in [7, 11) is 1.71. The van der Waals surface area contributed by atoms with Gasteiger partial charge in [0.2, 0.25) is 0 Å². The molecule has 1 heterocycles. The van der Waals surface area contributed by atoms with E-state index in [-0.39, 0.29) is 10.6 Å². The molecule has 1 fully saturated rings. The number of nitrogens with zero attached hydrogens (tertiary/aromatic N) is 1. The molecular formula is C11H16ClN3O2. The molecular weight excluding hydrogens is 242 g/mol. The zero-order chi connectivity index (χ0) is 12.3. The van der Waals surface area contributed by atoms with Gasteiger partial charge in [-0.2, -0.15) is 0 Å². The highest BCUT2D eigenvalue weighted by molar-refractivity contribution is 6.32. The Labute approximate surface area is 105 Å². The second-order valence-corrected chi connectivity index (χ2v) is 4.87. The Balaban J connectivity index is 1.94. The van der Waals surface area contributed by atoms with Crippen molar-refractivity contribution in [3.8, 4) is 0 Å². The number of nitrogens with one attached hydrogen (secondary N) is 2. The van der Waals surface area contributed by atoms with Gasteiger partial charge in [-0.25, -0.2) is 4.98 Å². The zero-order valence-corrected chi connectivity index (χ0v) is 10.5. The van der Waals surface area contributed by atoms with Crippen molar-refractivity contribution < 1.29 is 4.74 Å². The molecule has 0 aromatic carbocycles. The molecule has 1 saturated carbocycles. The van der Waals surface area contributed by atoms with Crippen LogP contribution in [-0.2, 0) is 4.74 Å². The van der Waals surface area contributed by atoms with Gasteiger partial charge in [0.1, 0.15) is 5.02 Å². The second-order valence-electron chi connectivity index (χ2n) is 4.49. The maximum absolute atomic E-state index is 11.3. The number of hydrogen-bond donors (Lipinski definition) is 2. The Morgan fingerprint density at radius 1 is 1.65 bits per heavy atom. The second kappa shape index (κ2) is 5.06. The van der Waals surface area contributed by atoms with Gasteiger partial charge in [-0.05, 0) is 24.7 Å². The third-order valence-corrected chi connectivity index (χ3v) is 3.57. The number of aromatic amines is 1. The molecule has 17 heavy (non-hydrogen) atoms. The Morgan fingerprint density at radius 2 is 2.41 bits per heavy atom. The lowest BCUT2D eigenvalue weighted by atomic mass is 10.0. The third kappa shape index (κ3) is 2.98. The van der Waals surface area contributed by atoms with Gasteiger partial charge in [0.15, 0.2) is 5.82 Å². The van der Waals surface area contributed by atoms with Gasteiger partial charge >= 0.3 is 0 Å². The van der Waals surface area contributed by atoms with E-state index in [0.29, 0.717) is 11.2 Å². The first-order valence-corrected chi connectivity index (χ1v) is 6.01. The van der Waals surface area contributed by atoms with Crippen molar-refractivity contribution >= 4 is 17.4 Å². The van der Waals surface area contributed by atoms with Crippen LogP contribution in [0, 0.1) is 5.41 Å². The number of anilines is 1. The molecule has 1 aromatic heterocycles. The smallest absolute Gasteiger partial charge is 0.271 e. The van der Waals surface area contributed by atoms with Gasteiger partial charge in [-0.1, -0.05) is 11.6 Å². The van der Waals surface area contributed by atoms with Gasteiger partial charge in [-0.3, -0.25) is 4.79 Å². The van der Waals surface area contributed by atoms with E-state index in [1.54, 1.807) is 7.11 Å². The van der Waals surface area contributed by atoms with Crippen molar-refractivity contribution in [2.45, 2.75) is 19.3 Å². The average molecular weight is 258 g/mol. The molecule has 1 aliphatic carbocycles. The van der Waals surface area contributed by atoms with Gasteiger partial charge in [0.05, 0.1) is 6.33 Å². The summed E-state index contributed by atoms with van der Waals surface area (Å²) in [5, 5.41) is 3.27. The van der Waals surface area contributed by atoms with E-state index in [0.717, 1.165) is 19.6 Å². The first-order valence-electron chi connectivity index (χ1n) is 5.63. The molecule has 6 heteroatoms. The number of aromatic nitrogens is 2. The highest BCUT2D eigenvalue weighted by atomic mass is 35.5. The summed E-state index contributed by atoms with van der Waals surface area (Å²) < 4.78 is 5.09. The lowest BCUT2D eigenvalue weighted by molar-refractivity contribution is 0.175. The summed E-state index contributed by atoms with van der Waals surface area (Å²) in [6.07, 6.45) is 4.75. The van der Waals surface area contributed by atoms with Crippen LogP contribution < -0.4 is 10.9 Å². The van der Waals surface area contributed by atoms with Crippen molar-refractivity contribution in [2.75, 3.05) is 25.6 Å². The highest BCUT2D eigenvalue weighted by Crippen LogP contribution is 2.48. The Morgan fingerprint density at radius 3 is 3.06 bits per heavy atom. The molecule has 0 radical (unpaired) electrons. The summed E-state index contributed by atoms with van der Waals surface area (Å²) in [5.74, 6) is 0.458. The molecule has 2 rings (SSSR count). The predicted octanol–water partition coefficient (Wildman–Crippen LogP) is 1.65. The summed E-state index contributed by atoms with van der Waals surface area (Å²) >= 11 is 5.85. The number of H-pyrrole nitrogens is 1. The fourth-order valence-electron chi connectivity index (χ4n) is 1.79. The van der Waals surface area contributed by atoms with Crippen molar-refractivity contribution in [3.05, 3.63) is 21.7 Å². The average Bonchev–Trinajstić information content (AvgIpc) is 3.09. The quantitative estimate of drug-likeness (QED) is 0.813. The predicted molar refractivity (Wildman–Crippen MR) is 66.5 cm³/mol. The largest absolute Gasteiger partial charge is 0.385 e.